The van der Waals surface area contributed by atoms with Gasteiger partial charge in [0.1, 0.15) is 0 Å². The summed E-state index contributed by atoms with van der Waals surface area (Å²) in [6.07, 6.45) is -3.93. The van der Waals surface area contributed by atoms with E-state index < -0.39 is 17.7 Å². The highest BCUT2D eigenvalue weighted by Crippen LogP contribution is 2.48. The number of carbonyl (C=O) groups is 1. The van der Waals surface area contributed by atoms with Crippen LogP contribution in [0.2, 0.25) is 10.0 Å². The van der Waals surface area contributed by atoms with E-state index in [-0.39, 0.29) is 26.9 Å². The van der Waals surface area contributed by atoms with E-state index in [1.807, 2.05) is 0 Å². The van der Waals surface area contributed by atoms with Crippen molar-refractivity contribution < 1.29 is 27.5 Å². The topological polar surface area (TPSA) is 47.6 Å². The van der Waals surface area contributed by atoms with Crippen molar-refractivity contribution in [3.8, 4) is 0 Å². The van der Waals surface area contributed by atoms with Crippen LogP contribution >= 0.6 is 39.1 Å². The predicted molar refractivity (Wildman–Crippen MR) is 107 cm³/mol. The predicted octanol–water partition coefficient (Wildman–Crippen LogP) is 6.01. The maximum Gasteiger partial charge on any atom is 0.428 e. The minimum absolute atomic E-state index is 0.0321. The summed E-state index contributed by atoms with van der Waals surface area (Å²) >= 11 is 15.1. The molecule has 4 nitrogen and oxygen atoms in total. The average Bonchev–Trinajstić information content (AvgIpc) is 3.13. The quantitative estimate of drug-likeness (QED) is 0.404. The number of halogens is 6. The Morgan fingerprint density at radius 1 is 1.21 bits per heavy atom. The molecule has 3 rings (SSSR count). The first-order valence-corrected chi connectivity index (χ1v) is 9.97. The van der Waals surface area contributed by atoms with Gasteiger partial charge in [0, 0.05) is 26.5 Å². The molecule has 0 radical (unpaired) electrons. The van der Waals surface area contributed by atoms with Gasteiger partial charge in [-0.2, -0.15) is 13.2 Å². The third-order valence-corrected chi connectivity index (χ3v) is 5.39. The molecule has 10 heteroatoms. The molecule has 1 atom stereocenters. The van der Waals surface area contributed by atoms with Gasteiger partial charge in [-0.15, -0.1) is 0 Å². The fraction of sp³-hybridized carbons (Fsp3) is 0.211. The van der Waals surface area contributed by atoms with Crippen molar-refractivity contribution in [1.82, 2.24) is 5.48 Å². The third-order valence-electron chi connectivity index (χ3n) is 4.35. The molecule has 0 bridgehead atoms. The minimum Gasteiger partial charge on any atom is -0.465 e. The first-order chi connectivity index (χ1) is 13.6. The van der Waals surface area contributed by atoms with Crippen molar-refractivity contribution in [1.29, 1.82) is 0 Å². The summed E-state index contributed by atoms with van der Waals surface area (Å²) in [5, 5.41) is 0.446. The van der Waals surface area contributed by atoms with E-state index in [9.17, 15) is 18.0 Å². The molecule has 154 valence electrons. The Bertz CT molecular complexity index is 977. The molecule has 0 saturated heterocycles. The van der Waals surface area contributed by atoms with E-state index in [4.69, 9.17) is 32.8 Å². The van der Waals surface area contributed by atoms with Crippen LogP contribution < -0.4 is 5.48 Å². The zero-order valence-corrected chi connectivity index (χ0v) is 17.8. The molecule has 1 heterocycles. The van der Waals surface area contributed by atoms with Gasteiger partial charge < -0.3 is 4.74 Å². The Morgan fingerprint density at radius 3 is 2.41 bits per heavy atom. The highest BCUT2D eigenvalue weighted by Gasteiger charge is 2.59. The van der Waals surface area contributed by atoms with Crippen LogP contribution in [0.3, 0.4) is 0 Å². The number of benzene rings is 2. The highest BCUT2D eigenvalue weighted by atomic mass is 79.9. The van der Waals surface area contributed by atoms with Crippen molar-refractivity contribution in [3.63, 3.8) is 0 Å². The third kappa shape index (κ3) is 4.12. The van der Waals surface area contributed by atoms with Gasteiger partial charge in [-0.3, -0.25) is 10.3 Å². The standard InChI is InChI=1S/C19H13BrCl2F3NO3/c1-28-17(27)15-4-10(2-3-11(15)9-20)16-8-18(29-26-16,19(23,24)25)12-5-13(21)7-14(22)6-12/h2-8,26H,9H2,1H3. The lowest BCUT2D eigenvalue weighted by molar-refractivity contribution is -0.269. The summed E-state index contributed by atoms with van der Waals surface area (Å²) in [7, 11) is 1.22. The van der Waals surface area contributed by atoms with Gasteiger partial charge in [-0.05, 0) is 35.9 Å². The second-order valence-corrected chi connectivity index (χ2v) is 7.58. The normalized spacial score (nSPS) is 18.9. The molecule has 1 unspecified atom stereocenters. The number of alkyl halides is 4. The zero-order chi connectivity index (χ0) is 21.4. The Hall–Kier alpha value is -1.74. The van der Waals surface area contributed by atoms with Gasteiger partial charge in [0.15, 0.2) is 0 Å². The second-order valence-electron chi connectivity index (χ2n) is 6.15. The number of carbonyl (C=O) groups excluding carboxylic acids is 1. The van der Waals surface area contributed by atoms with E-state index in [1.54, 1.807) is 12.1 Å². The fourth-order valence-electron chi connectivity index (χ4n) is 2.91. The second kappa shape index (κ2) is 8.18. The lowest BCUT2D eigenvalue weighted by Gasteiger charge is -2.28. The molecule has 0 spiro atoms. The lowest BCUT2D eigenvalue weighted by Crippen LogP contribution is -2.42. The number of rotatable bonds is 4. The first kappa shape index (κ1) is 22.0. The maximum absolute atomic E-state index is 14.1. The summed E-state index contributed by atoms with van der Waals surface area (Å²) in [4.78, 5) is 17.1. The monoisotopic (exact) mass is 509 g/mol. The van der Waals surface area contributed by atoms with Crippen LogP contribution in [0, 0.1) is 0 Å². The van der Waals surface area contributed by atoms with Crippen LogP contribution in [-0.2, 0) is 20.5 Å². The summed E-state index contributed by atoms with van der Waals surface area (Å²) in [5.74, 6) is -0.607. The fourth-order valence-corrected chi connectivity index (χ4v) is 3.93. The van der Waals surface area contributed by atoms with Crippen LogP contribution in [0.1, 0.15) is 27.0 Å². The van der Waals surface area contributed by atoms with Crippen molar-refractivity contribution in [2.24, 2.45) is 0 Å². The van der Waals surface area contributed by atoms with Crippen LogP contribution in [0.25, 0.3) is 5.70 Å². The molecule has 2 aromatic carbocycles. The van der Waals surface area contributed by atoms with E-state index in [0.717, 1.165) is 18.2 Å². The molecule has 1 N–H and O–H groups in total. The summed E-state index contributed by atoms with van der Waals surface area (Å²) in [6.45, 7) is 0. The molecule has 1 aliphatic heterocycles. The van der Waals surface area contributed by atoms with Crippen molar-refractivity contribution in [2.45, 2.75) is 17.1 Å². The van der Waals surface area contributed by atoms with Crippen molar-refractivity contribution in [2.75, 3.05) is 7.11 Å². The molecule has 0 amide bonds. The van der Waals surface area contributed by atoms with E-state index >= 15 is 0 Å². The molecule has 1 aliphatic rings. The van der Waals surface area contributed by atoms with Crippen LogP contribution in [0.15, 0.2) is 42.5 Å². The van der Waals surface area contributed by atoms with Crippen LogP contribution in [0.5, 0.6) is 0 Å². The maximum atomic E-state index is 14.1. The van der Waals surface area contributed by atoms with Gasteiger partial charge in [-0.1, -0.05) is 51.3 Å². The molecule has 2 aromatic rings. The van der Waals surface area contributed by atoms with E-state index in [0.29, 0.717) is 16.5 Å². The number of hydrogen-bond donors (Lipinski definition) is 1. The number of ether oxygens (including phenoxy) is 1. The Labute approximate surface area is 182 Å². The van der Waals surface area contributed by atoms with Gasteiger partial charge in [-0.25, -0.2) is 4.79 Å². The molecular formula is C19H13BrCl2F3NO3. The van der Waals surface area contributed by atoms with E-state index in [1.165, 1.54) is 19.2 Å². The minimum atomic E-state index is -4.82. The number of nitrogens with one attached hydrogen (secondary N) is 1. The summed E-state index contributed by atoms with van der Waals surface area (Å²) in [6, 6.07) is 8.21. The van der Waals surface area contributed by atoms with E-state index in [2.05, 4.69) is 21.4 Å². The Balaban J connectivity index is 2.14. The Kier molecular flexibility index (Phi) is 6.19. The summed E-state index contributed by atoms with van der Waals surface area (Å²) in [5.41, 5.74) is 0.426. The molecule has 29 heavy (non-hydrogen) atoms. The molecule has 0 aliphatic carbocycles. The molecule has 0 aromatic heterocycles. The first-order valence-electron chi connectivity index (χ1n) is 8.09. The SMILES string of the molecule is COC(=O)c1cc(C2=CC(c3cc(Cl)cc(Cl)c3)(C(F)(F)F)ON2)ccc1CBr. The van der Waals surface area contributed by atoms with Crippen molar-refractivity contribution in [3.05, 3.63) is 74.8 Å². The Morgan fingerprint density at radius 2 is 1.86 bits per heavy atom. The summed E-state index contributed by atoms with van der Waals surface area (Å²) < 4.78 is 46.9. The lowest BCUT2D eigenvalue weighted by atomic mass is 9.91. The van der Waals surface area contributed by atoms with Gasteiger partial charge in [0.2, 0.25) is 5.60 Å². The number of hydrogen-bond acceptors (Lipinski definition) is 4. The molecular weight excluding hydrogens is 498 g/mol. The number of methoxy groups -OCH3 is 1. The smallest absolute Gasteiger partial charge is 0.428 e. The van der Waals surface area contributed by atoms with Gasteiger partial charge in [0.25, 0.3) is 0 Å². The largest absolute Gasteiger partial charge is 0.465 e. The highest BCUT2D eigenvalue weighted by molar-refractivity contribution is 9.08. The number of hydroxylamine groups is 1. The zero-order valence-electron chi connectivity index (χ0n) is 14.7. The van der Waals surface area contributed by atoms with Crippen LogP contribution in [-0.4, -0.2) is 19.3 Å². The molecule has 0 saturated carbocycles. The van der Waals surface area contributed by atoms with Crippen LogP contribution in [0.4, 0.5) is 13.2 Å². The average molecular weight is 511 g/mol. The van der Waals surface area contributed by atoms with Gasteiger partial charge in [0.05, 0.1) is 18.4 Å². The molecule has 0 fully saturated rings. The number of esters is 1. The van der Waals surface area contributed by atoms with Crippen molar-refractivity contribution >= 4 is 50.8 Å². The van der Waals surface area contributed by atoms with Gasteiger partial charge >= 0.3 is 12.1 Å².